The molecule has 0 radical (unpaired) electrons. The normalized spacial score (nSPS) is 26.4. The Bertz CT molecular complexity index is 172. The van der Waals surface area contributed by atoms with Crippen molar-refractivity contribution in [3.05, 3.63) is 11.6 Å². The lowest BCUT2D eigenvalue weighted by Crippen LogP contribution is -2.00. The van der Waals surface area contributed by atoms with E-state index in [1.807, 2.05) is 0 Å². The lowest BCUT2D eigenvalue weighted by atomic mass is 9.93. The molecule has 2 atom stereocenters. The first kappa shape index (κ1) is 11.1. The molecule has 0 N–H and O–H groups in total. The van der Waals surface area contributed by atoms with Gasteiger partial charge in [0.05, 0.1) is 5.38 Å². The van der Waals surface area contributed by atoms with Crippen LogP contribution in [0.4, 0.5) is 0 Å². The third-order valence-electron chi connectivity index (χ3n) is 2.94. The van der Waals surface area contributed by atoms with Crippen LogP contribution in [0.3, 0.4) is 0 Å². The van der Waals surface area contributed by atoms with Crippen molar-refractivity contribution in [2.45, 2.75) is 57.7 Å². The molecule has 0 spiro atoms. The predicted molar refractivity (Wildman–Crippen MR) is 60.3 cm³/mol. The van der Waals surface area contributed by atoms with Gasteiger partial charge in [-0.15, -0.1) is 11.6 Å². The molecular formula is C12H21Cl. The van der Waals surface area contributed by atoms with Crippen LogP contribution in [-0.2, 0) is 0 Å². The summed E-state index contributed by atoms with van der Waals surface area (Å²) in [6.45, 7) is 4.59. The second-order valence-electron chi connectivity index (χ2n) is 4.19. The van der Waals surface area contributed by atoms with Crippen molar-refractivity contribution in [1.29, 1.82) is 0 Å². The lowest BCUT2D eigenvalue weighted by molar-refractivity contribution is 0.570. The van der Waals surface area contributed by atoms with Gasteiger partial charge in [0, 0.05) is 0 Å². The van der Waals surface area contributed by atoms with Crippen molar-refractivity contribution in [3.63, 3.8) is 0 Å². The minimum Gasteiger partial charge on any atom is -0.118 e. The molecule has 0 aromatic carbocycles. The molecule has 0 aromatic heterocycles. The Balaban J connectivity index is 2.53. The highest BCUT2D eigenvalue weighted by Gasteiger charge is 2.13. The smallest absolute Gasteiger partial charge is 0.0518 e. The van der Waals surface area contributed by atoms with E-state index in [4.69, 9.17) is 11.6 Å². The molecule has 0 aliphatic heterocycles. The van der Waals surface area contributed by atoms with E-state index >= 15 is 0 Å². The van der Waals surface area contributed by atoms with Crippen molar-refractivity contribution in [2.75, 3.05) is 0 Å². The Hall–Kier alpha value is 0.0300. The number of halogens is 1. The number of alkyl halides is 1. The maximum absolute atomic E-state index is 6.18. The summed E-state index contributed by atoms with van der Waals surface area (Å²) in [6.07, 6.45) is 10.0. The van der Waals surface area contributed by atoms with Gasteiger partial charge in [0.2, 0.25) is 0 Å². The molecule has 0 bridgehead atoms. The minimum atomic E-state index is 0.303. The molecule has 1 aliphatic rings. The van der Waals surface area contributed by atoms with Gasteiger partial charge in [-0.1, -0.05) is 38.3 Å². The van der Waals surface area contributed by atoms with Gasteiger partial charge in [-0.2, -0.15) is 0 Å². The van der Waals surface area contributed by atoms with Crippen LogP contribution in [0, 0.1) is 5.92 Å². The van der Waals surface area contributed by atoms with Crippen LogP contribution in [0.2, 0.25) is 0 Å². The Morgan fingerprint density at radius 2 is 2.31 bits per heavy atom. The van der Waals surface area contributed by atoms with Crippen LogP contribution in [0.5, 0.6) is 0 Å². The van der Waals surface area contributed by atoms with E-state index in [2.05, 4.69) is 19.9 Å². The van der Waals surface area contributed by atoms with E-state index in [9.17, 15) is 0 Å². The summed E-state index contributed by atoms with van der Waals surface area (Å²) >= 11 is 6.18. The fraction of sp³-hybridized carbons (Fsp3) is 0.833. The lowest BCUT2D eigenvalue weighted by Gasteiger charge is -2.14. The summed E-state index contributed by atoms with van der Waals surface area (Å²) in [5.41, 5.74) is 1.61. The van der Waals surface area contributed by atoms with Crippen molar-refractivity contribution >= 4 is 11.6 Å². The van der Waals surface area contributed by atoms with Crippen LogP contribution in [-0.4, -0.2) is 5.38 Å². The van der Waals surface area contributed by atoms with Crippen molar-refractivity contribution in [1.82, 2.24) is 0 Å². The van der Waals surface area contributed by atoms with Gasteiger partial charge < -0.3 is 0 Å². The van der Waals surface area contributed by atoms with E-state index in [-0.39, 0.29) is 0 Å². The third kappa shape index (κ3) is 3.72. The molecule has 1 rings (SSSR count). The van der Waals surface area contributed by atoms with E-state index in [0.29, 0.717) is 5.38 Å². The quantitative estimate of drug-likeness (QED) is 0.464. The average molecular weight is 201 g/mol. The van der Waals surface area contributed by atoms with E-state index in [1.54, 1.807) is 5.57 Å². The molecule has 0 amide bonds. The topological polar surface area (TPSA) is 0 Å². The van der Waals surface area contributed by atoms with Crippen LogP contribution < -0.4 is 0 Å². The van der Waals surface area contributed by atoms with Crippen molar-refractivity contribution in [2.24, 2.45) is 5.92 Å². The van der Waals surface area contributed by atoms with Gasteiger partial charge in [0.15, 0.2) is 0 Å². The largest absolute Gasteiger partial charge is 0.118 e. The first-order valence-corrected chi connectivity index (χ1v) is 6.02. The summed E-state index contributed by atoms with van der Waals surface area (Å²) in [5.74, 6) is 0.754. The third-order valence-corrected chi connectivity index (χ3v) is 3.29. The number of rotatable bonds is 3. The minimum absolute atomic E-state index is 0.303. The molecule has 1 aliphatic carbocycles. The van der Waals surface area contributed by atoms with Gasteiger partial charge in [-0.3, -0.25) is 0 Å². The zero-order valence-corrected chi connectivity index (χ0v) is 9.61. The van der Waals surface area contributed by atoms with Crippen LogP contribution in [0.25, 0.3) is 0 Å². The maximum atomic E-state index is 6.18. The van der Waals surface area contributed by atoms with Gasteiger partial charge in [-0.25, -0.2) is 0 Å². The van der Waals surface area contributed by atoms with E-state index in [1.165, 1.54) is 38.5 Å². The summed E-state index contributed by atoms with van der Waals surface area (Å²) in [6, 6.07) is 0. The van der Waals surface area contributed by atoms with Crippen molar-refractivity contribution in [3.8, 4) is 0 Å². The standard InChI is InChI=1S/C12H21Cl/c1-3-6-10(2)11-7-4-5-8-12(13)9-11/h9-10,12H,3-8H2,1-2H3. The Labute approximate surface area is 87.4 Å². The zero-order chi connectivity index (χ0) is 9.68. The second-order valence-corrected chi connectivity index (χ2v) is 4.75. The Morgan fingerprint density at radius 1 is 1.54 bits per heavy atom. The molecule has 0 heterocycles. The molecule has 0 saturated heterocycles. The molecule has 2 unspecified atom stereocenters. The highest BCUT2D eigenvalue weighted by molar-refractivity contribution is 6.21. The zero-order valence-electron chi connectivity index (χ0n) is 8.85. The Morgan fingerprint density at radius 3 is 3.00 bits per heavy atom. The fourth-order valence-corrected chi connectivity index (χ4v) is 2.41. The summed E-state index contributed by atoms with van der Waals surface area (Å²) < 4.78 is 0. The second kappa shape index (κ2) is 5.70. The summed E-state index contributed by atoms with van der Waals surface area (Å²) in [7, 11) is 0. The van der Waals surface area contributed by atoms with Crippen molar-refractivity contribution < 1.29 is 0 Å². The van der Waals surface area contributed by atoms with Crippen LogP contribution in [0.15, 0.2) is 11.6 Å². The monoisotopic (exact) mass is 200 g/mol. The molecule has 76 valence electrons. The number of allylic oxidation sites excluding steroid dienone is 2. The van der Waals surface area contributed by atoms with Gasteiger partial charge in [0.25, 0.3) is 0 Å². The molecule has 0 aromatic rings. The molecule has 0 saturated carbocycles. The molecule has 0 nitrogen and oxygen atoms in total. The molecule has 0 fully saturated rings. The molecule has 13 heavy (non-hydrogen) atoms. The number of hydrogen-bond donors (Lipinski definition) is 0. The van der Waals surface area contributed by atoms with Crippen LogP contribution >= 0.6 is 11.6 Å². The van der Waals surface area contributed by atoms with Crippen LogP contribution in [0.1, 0.15) is 52.4 Å². The first-order valence-electron chi connectivity index (χ1n) is 5.58. The van der Waals surface area contributed by atoms with E-state index < -0.39 is 0 Å². The highest BCUT2D eigenvalue weighted by atomic mass is 35.5. The van der Waals surface area contributed by atoms with E-state index in [0.717, 1.165) is 5.92 Å². The van der Waals surface area contributed by atoms with Gasteiger partial charge in [-0.05, 0) is 31.6 Å². The fourth-order valence-electron chi connectivity index (χ4n) is 2.10. The Kier molecular flexibility index (Phi) is 4.87. The predicted octanol–water partition coefficient (Wildman–Crippen LogP) is 4.53. The molecular weight excluding hydrogens is 180 g/mol. The summed E-state index contributed by atoms with van der Waals surface area (Å²) in [5, 5.41) is 0.303. The highest BCUT2D eigenvalue weighted by Crippen LogP contribution is 2.28. The maximum Gasteiger partial charge on any atom is 0.0518 e. The van der Waals surface area contributed by atoms with Gasteiger partial charge in [0.1, 0.15) is 0 Å². The summed E-state index contributed by atoms with van der Waals surface area (Å²) in [4.78, 5) is 0. The van der Waals surface area contributed by atoms with Gasteiger partial charge >= 0.3 is 0 Å². The average Bonchev–Trinajstić information content (AvgIpc) is 2.30. The number of hydrogen-bond acceptors (Lipinski definition) is 0. The molecule has 1 heteroatoms. The SMILES string of the molecule is CCCC(C)C1=CC(Cl)CCCC1. The first-order chi connectivity index (χ1) is 6.24.